The van der Waals surface area contributed by atoms with Crippen LogP contribution in [-0.2, 0) is 14.3 Å². The minimum Gasteiger partial charge on any atom is -0.379 e. The van der Waals surface area contributed by atoms with Gasteiger partial charge in [0.15, 0.2) is 0 Å². The molecule has 0 aliphatic carbocycles. The van der Waals surface area contributed by atoms with Crippen molar-refractivity contribution in [3.05, 3.63) is 35.9 Å². The number of carbonyl (C=O) groups is 2. The highest BCUT2D eigenvalue weighted by Crippen LogP contribution is 2.16. The van der Waals surface area contributed by atoms with Crippen LogP contribution >= 0.6 is 24.8 Å². The van der Waals surface area contributed by atoms with Crippen molar-refractivity contribution in [2.75, 3.05) is 59.0 Å². The Morgan fingerprint density at radius 1 is 0.968 bits per heavy atom. The molecule has 2 heterocycles. The predicted octanol–water partition coefficient (Wildman–Crippen LogP) is 2.01. The maximum absolute atomic E-state index is 12.8. The van der Waals surface area contributed by atoms with Gasteiger partial charge in [0, 0.05) is 45.2 Å². The van der Waals surface area contributed by atoms with E-state index in [0.717, 1.165) is 57.5 Å². The van der Waals surface area contributed by atoms with Crippen molar-refractivity contribution in [1.29, 1.82) is 0 Å². The van der Waals surface area contributed by atoms with E-state index in [2.05, 4.69) is 27.7 Å². The maximum Gasteiger partial charge on any atom is 0.236 e. The van der Waals surface area contributed by atoms with Crippen LogP contribution < -0.4 is 10.6 Å². The Hall–Kier alpha value is -1.38. The topological polar surface area (TPSA) is 73.9 Å². The summed E-state index contributed by atoms with van der Waals surface area (Å²) in [6.07, 6.45) is 3.10. The molecule has 1 aromatic rings. The van der Waals surface area contributed by atoms with Crippen molar-refractivity contribution in [2.45, 2.75) is 31.7 Å². The van der Waals surface area contributed by atoms with E-state index in [1.807, 2.05) is 23.1 Å². The smallest absolute Gasteiger partial charge is 0.236 e. The lowest BCUT2D eigenvalue weighted by Crippen LogP contribution is -2.45. The van der Waals surface area contributed by atoms with Crippen LogP contribution in [0, 0.1) is 0 Å². The summed E-state index contributed by atoms with van der Waals surface area (Å²) in [6.45, 7) is 6.47. The Morgan fingerprint density at radius 3 is 2.42 bits per heavy atom. The SMILES string of the molecule is Cl.Cl.O=C1CC(c2ccccc2)NCCCN(C(=O)CN2CCOCC2)CCCCN1. The van der Waals surface area contributed by atoms with Crippen LogP contribution in [0.3, 0.4) is 0 Å². The largest absolute Gasteiger partial charge is 0.379 e. The third kappa shape index (κ3) is 9.74. The molecule has 0 radical (unpaired) electrons. The van der Waals surface area contributed by atoms with E-state index >= 15 is 0 Å². The zero-order chi connectivity index (χ0) is 20.3. The molecular formula is C22H36Cl2N4O3. The fraction of sp³-hybridized carbons (Fsp3) is 0.636. The van der Waals surface area contributed by atoms with Gasteiger partial charge in [0.2, 0.25) is 11.8 Å². The minimum atomic E-state index is -0.00513. The van der Waals surface area contributed by atoms with E-state index < -0.39 is 0 Å². The normalized spacial score (nSPS) is 21.9. The molecular weight excluding hydrogens is 439 g/mol. The number of carbonyl (C=O) groups excluding carboxylic acids is 2. The van der Waals surface area contributed by atoms with Crippen LogP contribution in [0.1, 0.15) is 37.3 Å². The monoisotopic (exact) mass is 474 g/mol. The first kappa shape index (κ1) is 27.7. The van der Waals surface area contributed by atoms with E-state index in [-0.39, 0.29) is 42.7 Å². The first-order valence-corrected chi connectivity index (χ1v) is 10.9. The number of morpholine rings is 1. The number of halogens is 2. The van der Waals surface area contributed by atoms with Gasteiger partial charge in [-0.2, -0.15) is 0 Å². The molecule has 2 saturated heterocycles. The van der Waals surface area contributed by atoms with E-state index in [1.165, 1.54) is 0 Å². The molecule has 0 spiro atoms. The second-order valence-electron chi connectivity index (χ2n) is 7.80. The van der Waals surface area contributed by atoms with Gasteiger partial charge in [-0.3, -0.25) is 14.5 Å². The van der Waals surface area contributed by atoms with Crippen molar-refractivity contribution in [2.24, 2.45) is 0 Å². The van der Waals surface area contributed by atoms with Gasteiger partial charge in [-0.25, -0.2) is 0 Å². The number of rotatable bonds is 3. The van der Waals surface area contributed by atoms with Gasteiger partial charge in [-0.05, 0) is 31.4 Å². The molecule has 0 aromatic heterocycles. The summed E-state index contributed by atoms with van der Waals surface area (Å²) in [5.74, 6) is 0.274. The first-order valence-electron chi connectivity index (χ1n) is 10.9. The molecule has 31 heavy (non-hydrogen) atoms. The number of benzene rings is 1. The third-order valence-corrected chi connectivity index (χ3v) is 5.58. The van der Waals surface area contributed by atoms with Gasteiger partial charge in [-0.1, -0.05) is 30.3 Å². The Balaban J connectivity index is 0.00000240. The molecule has 2 aliphatic rings. The fourth-order valence-electron chi connectivity index (χ4n) is 3.86. The lowest BCUT2D eigenvalue weighted by Gasteiger charge is -2.30. The molecule has 7 nitrogen and oxygen atoms in total. The van der Waals surface area contributed by atoms with Crippen LogP contribution in [0.2, 0.25) is 0 Å². The van der Waals surface area contributed by atoms with Crippen LogP contribution in [0.25, 0.3) is 0 Å². The lowest BCUT2D eigenvalue weighted by molar-refractivity contribution is -0.133. The molecule has 0 saturated carbocycles. The second kappa shape index (κ2) is 15.4. The third-order valence-electron chi connectivity index (χ3n) is 5.58. The number of nitrogens with zero attached hydrogens (tertiary/aromatic N) is 2. The van der Waals surface area contributed by atoms with Gasteiger partial charge >= 0.3 is 0 Å². The van der Waals surface area contributed by atoms with E-state index in [4.69, 9.17) is 4.74 Å². The number of hydrogen-bond acceptors (Lipinski definition) is 5. The number of amides is 2. The minimum absolute atomic E-state index is 0. The van der Waals surface area contributed by atoms with Crippen LogP contribution in [0.15, 0.2) is 30.3 Å². The van der Waals surface area contributed by atoms with Crippen LogP contribution in [-0.4, -0.2) is 80.6 Å². The first-order chi connectivity index (χ1) is 14.2. The van der Waals surface area contributed by atoms with Gasteiger partial charge in [-0.15, -0.1) is 24.8 Å². The average Bonchev–Trinajstić information content (AvgIpc) is 2.76. The molecule has 0 bridgehead atoms. The van der Waals surface area contributed by atoms with Crippen molar-refractivity contribution in [3.8, 4) is 0 Å². The fourth-order valence-corrected chi connectivity index (χ4v) is 3.86. The van der Waals surface area contributed by atoms with Gasteiger partial charge in [0.1, 0.15) is 0 Å². The molecule has 2 N–H and O–H groups in total. The van der Waals surface area contributed by atoms with Crippen LogP contribution in [0.4, 0.5) is 0 Å². The molecule has 3 rings (SSSR count). The highest BCUT2D eigenvalue weighted by atomic mass is 35.5. The summed E-state index contributed by atoms with van der Waals surface area (Å²) < 4.78 is 5.38. The molecule has 2 aliphatic heterocycles. The zero-order valence-electron chi connectivity index (χ0n) is 18.1. The highest BCUT2D eigenvalue weighted by molar-refractivity contribution is 5.85. The quantitative estimate of drug-likeness (QED) is 0.700. The molecule has 1 atom stereocenters. The highest BCUT2D eigenvalue weighted by Gasteiger charge is 2.20. The molecule has 1 aromatic carbocycles. The summed E-state index contributed by atoms with van der Waals surface area (Å²) in [5, 5.41) is 6.55. The standard InChI is InChI=1S/C22H34N4O3.2ClH/c27-21-17-20(19-7-2-1-3-8-19)23-10-6-12-26(11-5-4-9-24-21)22(28)18-25-13-15-29-16-14-25;;/h1-3,7-8,20,23H,4-6,9-18H2,(H,24,27);2*1H. The molecule has 2 amide bonds. The predicted molar refractivity (Wildman–Crippen MR) is 127 cm³/mol. The summed E-state index contributed by atoms with van der Waals surface area (Å²) in [5.41, 5.74) is 1.12. The van der Waals surface area contributed by atoms with Crippen molar-refractivity contribution in [3.63, 3.8) is 0 Å². The molecule has 176 valence electrons. The van der Waals surface area contributed by atoms with Gasteiger partial charge in [0.25, 0.3) is 0 Å². The summed E-state index contributed by atoms with van der Waals surface area (Å²) in [4.78, 5) is 29.3. The number of hydrogen-bond donors (Lipinski definition) is 2. The number of nitrogens with one attached hydrogen (secondary N) is 2. The Bertz CT molecular complexity index is 645. The maximum atomic E-state index is 12.8. The van der Waals surface area contributed by atoms with Gasteiger partial charge < -0.3 is 20.3 Å². The van der Waals surface area contributed by atoms with Crippen LogP contribution in [0.5, 0.6) is 0 Å². The lowest BCUT2D eigenvalue weighted by atomic mass is 10.0. The Morgan fingerprint density at radius 2 is 1.68 bits per heavy atom. The van der Waals surface area contributed by atoms with E-state index in [0.29, 0.717) is 32.7 Å². The van der Waals surface area contributed by atoms with E-state index in [9.17, 15) is 9.59 Å². The van der Waals surface area contributed by atoms with Crippen molar-refractivity contribution in [1.82, 2.24) is 20.4 Å². The summed E-state index contributed by atoms with van der Waals surface area (Å²) in [6, 6.07) is 10.1. The zero-order valence-corrected chi connectivity index (χ0v) is 19.7. The number of ether oxygens (including phenoxy) is 1. The van der Waals surface area contributed by atoms with Gasteiger partial charge in [0.05, 0.1) is 19.8 Å². The molecule has 2 fully saturated rings. The molecule has 1 unspecified atom stereocenters. The Kier molecular flexibility index (Phi) is 13.8. The average molecular weight is 475 g/mol. The summed E-state index contributed by atoms with van der Waals surface area (Å²) in [7, 11) is 0. The van der Waals surface area contributed by atoms with Crippen molar-refractivity contribution >= 4 is 36.6 Å². The Labute approximate surface area is 198 Å². The molecule has 9 heteroatoms. The van der Waals surface area contributed by atoms with E-state index in [1.54, 1.807) is 0 Å². The second-order valence-corrected chi connectivity index (χ2v) is 7.80. The summed E-state index contributed by atoms with van der Waals surface area (Å²) >= 11 is 0. The van der Waals surface area contributed by atoms with Crippen molar-refractivity contribution < 1.29 is 14.3 Å².